The van der Waals surface area contributed by atoms with Crippen LogP contribution in [0.2, 0.25) is 0 Å². The fourth-order valence-corrected chi connectivity index (χ4v) is 2.70. The van der Waals surface area contributed by atoms with Crippen molar-refractivity contribution in [3.05, 3.63) is 29.3 Å². The van der Waals surface area contributed by atoms with E-state index in [4.69, 9.17) is 9.29 Å². The third-order valence-corrected chi connectivity index (χ3v) is 4.03. The lowest BCUT2D eigenvalue weighted by Gasteiger charge is -2.21. The molecule has 6 nitrogen and oxygen atoms in total. The Balaban J connectivity index is 2.35. The molecule has 1 aromatic rings. The Hall–Kier alpha value is -1.15. The van der Waals surface area contributed by atoms with E-state index >= 15 is 0 Å². The number of hydrogen-bond acceptors (Lipinski definition) is 4. The van der Waals surface area contributed by atoms with Crippen molar-refractivity contribution < 1.29 is 22.8 Å². The zero-order chi connectivity index (χ0) is 14.4. The minimum absolute atomic E-state index is 0.566. The Labute approximate surface area is 112 Å². The van der Waals surface area contributed by atoms with Crippen LogP contribution in [0.15, 0.2) is 18.2 Å². The summed E-state index contributed by atoms with van der Waals surface area (Å²) in [4.78, 5) is 0. The Morgan fingerprint density at radius 1 is 1.42 bits per heavy atom. The Kier molecular flexibility index (Phi) is 3.34. The van der Waals surface area contributed by atoms with Crippen LogP contribution >= 0.6 is 0 Å². The van der Waals surface area contributed by atoms with Crippen LogP contribution in [0.25, 0.3) is 0 Å². The summed E-state index contributed by atoms with van der Waals surface area (Å²) in [6.45, 7) is 5.30. The van der Waals surface area contributed by atoms with Crippen molar-refractivity contribution in [3.8, 4) is 5.75 Å². The van der Waals surface area contributed by atoms with Gasteiger partial charge in [-0.05, 0) is 38.5 Å². The van der Waals surface area contributed by atoms with E-state index < -0.39 is 28.1 Å². The average molecular weight is 287 g/mol. The van der Waals surface area contributed by atoms with Gasteiger partial charge in [0.25, 0.3) is 0 Å². The van der Waals surface area contributed by atoms with Gasteiger partial charge < -0.3 is 9.84 Å². The molecule has 1 aromatic carbocycles. The molecule has 19 heavy (non-hydrogen) atoms. The molecular weight excluding hydrogens is 270 g/mol. The molecule has 2 unspecified atom stereocenters. The highest BCUT2D eigenvalue weighted by Crippen LogP contribution is 2.42. The number of hydrogen-bond donors (Lipinski definition) is 3. The predicted octanol–water partition coefficient (Wildman–Crippen LogP) is 1.13. The van der Waals surface area contributed by atoms with Crippen molar-refractivity contribution >= 4 is 10.3 Å². The molecule has 0 saturated carbocycles. The van der Waals surface area contributed by atoms with Crippen molar-refractivity contribution in [1.82, 2.24) is 4.72 Å². The normalized spacial score (nSPS) is 22.7. The van der Waals surface area contributed by atoms with Crippen molar-refractivity contribution in [1.29, 1.82) is 0 Å². The monoisotopic (exact) mass is 287 g/mol. The SMILES string of the molecule is CC(NS(=O)(=O)O)c1ccc2c(c1)C(C)(C)C(O)O2. The maximum atomic E-state index is 10.8. The van der Waals surface area contributed by atoms with Crippen LogP contribution in [-0.2, 0) is 15.7 Å². The molecule has 0 spiro atoms. The summed E-state index contributed by atoms with van der Waals surface area (Å²) in [5.41, 5.74) is 0.923. The van der Waals surface area contributed by atoms with Crippen LogP contribution in [0.1, 0.15) is 37.9 Å². The number of fused-ring (bicyclic) bond motifs is 1. The van der Waals surface area contributed by atoms with Gasteiger partial charge in [0.05, 0.1) is 5.41 Å². The lowest BCUT2D eigenvalue weighted by molar-refractivity contribution is -0.0450. The first-order chi connectivity index (χ1) is 8.61. The summed E-state index contributed by atoms with van der Waals surface area (Å²) in [5, 5.41) is 9.82. The molecule has 3 N–H and O–H groups in total. The number of rotatable bonds is 3. The molecule has 7 heteroatoms. The van der Waals surface area contributed by atoms with Crippen LogP contribution in [-0.4, -0.2) is 24.4 Å². The maximum Gasteiger partial charge on any atom is 0.333 e. The molecule has 1 heterocycles. The predicted molar refractivity (Wildman–Crippen MR) is 69.2 cm³/mol. The van der Waals surface area contributed by atoms with Gasteiger partial charge in [0.15, 0.2) is 0 Å². The number of aliphatic hydroxyl groups is 1. The lowest BCUT2D eigenvalue weighted by atomic mass is 9.84. The highest BCUT2D eigenvalue weighted by Gasteiger charge is 2.40. The first-order valence-electron chi connectivity index (χ1n) is 5.85. The van der Waals surface area contributed by atoms with Gasteiger partial charge in [-0.2, -0.15) is 13.1 Å². The Morgan fingerprint density at radius 3 is 2.63 bits per heavy atom. The fourth-order valence-electron chi connectivity index (χ4n) is 2.12. The molecule has 1 aliphatic heterocycles. The van der Waals surface area contributed by atoms with E-state index in [1.165, 1.54) is 0 Å². The number of ether oxygens (including phenoxy) is 1. The van der Waals surface area contributed by atoms with Crippen LogP contribution in [0, 0.1) is 0 Å². The molecule has 0 radical (unpaired) electrons. The van der Waals surface area contributed by atoms with E-state index in [1.54, 1.807) is 25.1 Å². The largest absolute Gasteiger partial charge is 0.464 e. The average Bonchev–Trinajstić information content (AvgIpc) is 2.47. The molecule has 2 rings (SSSR count). The number of aliphatic hydroxyl groups excluding tert-OH is 1. The van der Waals surface area contributed by atoms with Gasteiger partial charge in [0.1, 0.15) is 5.75 Å². The molecular formula is C12H17NO5S. The second kappa shape index (κ2) is 4.45. The zero-order valence-electron chi connectivity index (χ0n) is 10.9. The third-order valence-electron chi connectivity index (χ3n) is 3.38. The molecule has 0 fully saturated rings. The molecule has 0 saturated heterocycles. The second-order valence-corrected chi connectivity index (χ2v) is 6.45. The fraction of sp³-hybridized carbons (Fsp3) is 0.500. The molecule has 0 amide bonds. The summed E-state index contributed by atoms with van der Waals surface area (Å²) in [7, 11) is -4.26. The minimum atomic E-state index is -4.26. The summed E-state index contributed by atoms with van der Waals surface area (Å²) in [5.74, 6) is 0.584. The van der Waals surface area contributed by atoms with Crippen molar-refractivity contribution in [2.24, 2.45) is 0 Å². The summed E-state index contributed by atoms with van der Waals surface area (Å²) < 4.78 is 37.8. The van der Waals surface area contributed by atoms with Gasteiger partial charge in [-0.25, -0.2) is 0 Å². The lowest BCUT2D eigenvalue weighted by Crippen LogP contribution is -2.31. The van der Waals surface area contributed by atoms with E-state index in [2.05, 4.69) is 4.72 Å². The van der Waals surface area contributed by atoms with Gasteiger partial charge in [0, 0.05) is 11.6 Å². The van der Waals surface area contributed by atoms with Crippen molar-refractivity contribution in [2.45, 2.75) is 38.5 Å². The van der Waals surface area contributed by atoms with Crippen LogP contribution < -0.4 is 9.46 Å². The van der Waals surface area contributed by atoms with Crippen molar-refractivity contribution in [3.63, 3.8) is 0 Å². The quantitative estimate of drug-likeness (QED) is 0.724. The van der Waals surface area contributed by atoms with Crippen LogP contribution in [0.5, 0.6) is 5.75 Å². The zero-order valence-corrected chi connectivity index (χ0v) is 11.7. The topological polar surface area (TPSA) is 95.9 Å². The standard InChI is InChI=1S/C12H17NO5S/c1-7(13-19(15,16)17)8-4-5-10-9(6-8)12(2,3)11(14)18-10/h4-7,11,13-14H,1-3H3,(H,15,16,17). The summed E-state index contributed by atoms with van der Waals surface area (Å²) in [6, 6.07) is 4.57. The van der Waals surface area contributed by atoms with Crippen LogP contribution in [0.4, 0.5) is 0 Å². The Bertz CT molecular complexity index is 596. The first-order valence-corrected chi connectivity index (χ1v) is 7.29. The molecule has 0 aromatic heterocycles. The van der Waals surface area contributed by atoms with Crippen molar-refractivity contribution in [2.75, 3.05) is 0 Å². The number of nitrogens with one attached hydrogen (secondary N) is 1. The first kappa shape index (κ1) is 14.3. The van der Waals surface area contributed by atoms with Gasteiger partial charge in [-0.1, -0.05) is 6.07 Å². The minimum Gasteiger partial charge on any atom is -0.464 e. The highest BCUT2D eigenvalue weighted by molar-refractivity contribution is 7.83. The summed E-state index contributed by atoms with van der Waals surface area (Å²) in [6.07, 6.45) is -0.928. The smallest absolute Gasteiger partial charge is 0.333 e. The highest BCUT2D eigenvalue weighted by atomic mass is 32.2. The van der Waals surface area contributed by atoms with Gasteiger partial charge >= 0.3 is 10.3 Å². The Morgan fingerprint density at radius 2 is 2.05 bits per heavy atom. The van der Waals surface area contributed by atoms with E-state index in [1.807, 2.05) is 13.8 Å². The van der Waals surface area contributed by atoms with Gasteiger partial charge in [0.2, 0.25) is 6.29 Å². The number of benzene rings is 1. The molecule has 0 bridgehead atoms. The van der Waals surface area contributed by atoms with E-state index in [0.717, 1.165) is 5.56 Å². The van der Waals surface area contributed by atoms with E-state index in [0.29, 0.717) is 11.3 Å². The van der Waals surface area contributed by atoms with E-state index in [-0.39, 0.29) is 0 Å². The second-order valence-electron chi connectivity index (χ2n) is 5.26. The molecule has 1 aliphatic rings. The molecule has 106 valence electrons. The van der Waals surface area contributed by atoms with E-state index in [9.17, 15) is 13.5 Å². The van der Waals surface area contributed by atoms with Gasteiger partial charge in [-0.15, -0.1) is 0 Å². The molecule has 0 aliphatic carbocycles. The third kappa shape index (κ3) is 2.74. The van der Waals surface area contributed by atoms with Crippen LogP contribution in [0.3, 0.4) is 0 Å². The summed E-state index contributed by atoms with van der Waals surface area (Å²) >= 11 is 0. The van der Waals surface area contributed by atoms with Gasteiger partial charge in [-0.3, -0.25) is 4.55 Å². The maximum absolute atomic E-state index is 10.8. The molecule has 2 atom stereocenters.